The van der Waals surface area contributed by atoms with Crippen LogP contribution >= 0.6 is 0 Å². The van der Waals surface area contributed by atoms with Crippen molar-refractivity contribution in [3.05, 3.63) is 34.9 Å². The predicted molar refractivity (Wildman–Crippen MR) is 50.3 cm³/mol. The minimum Gasteiger partial charge on any atom is -0.410 e. The maximum Gasteiger partial charge on any atom is 0.437 e. The van der Waals surface area contributed by atoms with Gasteiger partial charge in [0.1, 0.15) is 0 Å². The lowest BCUT2D eigenvalue weighted by Crippen LogP contribution is -2.24. The number of aryl methyl sites for hydroxylation is 2. The van der Waals surface area contributed by atoms with Gasteiger partial charge < -0.3 is 5.21 Å². The van der Waals surface area contributed by atoms with Crippen molar-refractivity contribution < 1.29 is 18.4 Å². The Kier molecular flexibility index (Phi) is 3.02. The highest BCUT2D eigenvalue weighted by molar-refractivity contribution is 6.04. The largest absolute Gasteiger partial charge is 0.437 e. The van der Waals surface area contributed by atoms with E-state index < -0.39 is 11.9 Å². The summed E-state index contributed by atoms with van der Waals surface area (Å²) < 4.78 is 37.0. The predicted octanol–water partition coefficient (Wildman–Crippen LogP) is 3.04. The van der Waals surface area contributed by atoms with Crippen LogP contribution < -0.4 is 0 Å². The van der Waals surface area contributed by atoms with Crippen LogP contribution in [0.25, 0.3) is 0 Å². The van der Waals surface area contributed by atoms with Gasteiger partial charge in [-0.25, -0.2) is 0 Å². The van der Waals surface area contributed by atoms with Gasteiger partial charge in [-0.15, -0.1) is 0 Å². The minimum atomic E-state index is -4.64. The maximum absolute atomic E-state index is 12.3. The number of rotatable bonds is 1. The molecule has 15 heavy (non-hydrogen) atoms. The van der Waals surface area contributed by atoms with E-state index in [-0.39, 0.29) is 5.56 Å². The van der Waals surface area contributed by atoms with E-state index in [0.717, 1.165) is 11.1 Å². The Balaban J connectivity index is 3.21. The zero-order valence-corrected chi connectivity index (χ0v) is 8.26. The zero-order valence-electron chi connectivity index (χ0n) is 8.26. The van der Waals surface area contributed by atoms with Gasteiger partial charge in [0, 0.05) is 5.56 Å². The molecule has 2 nitrogen and oxygen atoms in total. The van der Waals surface area contributed by atoms with Crippen LogP contribution in [0.2, 0.25) is 0 Å². The maximum atomic E-state index is 12.3. The molecule has 0 saturated carbocycles. The van der Waals surface area contributed by atoms with Gasteiger partial charge in [0.05, 0.1) is 0 Å². The van der Waals surface area contributed by atoms with Crippen molar-refractivity contribution >= 4 is 5.71 Å². The summed E-state index contributed by atoms with van der Waals surface area (Å²) in [6.07, 6.45) is -4.64. The first-order valence-electron chi connectivity index (χ1n) is 4.23. The van der Waals surface area contributed by atoms with Crippen molar-refractivity contribution in [3.8, 4) is 0 Å². The van der Waals surface area contributed by atoms with Crippen LogP contribution in [0.3, 0.4) is 0 Å². The van der Waals surface area contributed by atoms with Gasteiger partial charge >= 0.3 is 6.18 Å². The topological polar surface area (TPSA) is 32.6 Å². The fourth-order valence-corrected chi connectivity index (χ4v) is 1.17. The lowest BCUT2D eigenvalue weighted by Gasteiger charge is -2.10. The molecule has 0 saturated heterocycles. The van der Waals surface area contributed by atoms with E-state index in [1.807, 2.05) is 0 Å². The molecule has 1 aromatic carbocycles. The first kappa shape index (κ1) is 11.6. The summed E-state index contributed by atoms with van der Waals surface area (Å²) in [6, 6.07) is 4.18. The Bertz CT molecular complexity index is 396. The quantitative estimate of drug-likeness (QED) is 0.437. The summed E-state index contributed by atoms with van der Waals surface area (Å²) in [6.45, 7) is 3.49. The third kappa shape index (κ3) is 2.49. The van der Waals surface area contributed by atoms with E-state index in [2.05, 4.69) is 5.16 Å². The lowest BCUT2D eigenvalue weighted by atomic mass is 10.0. The summed E-state index contributed by atoms with van der Waals surface area (Å²) in [5.74, 6) is 0. The third-order valence-electron chi connectivity index (χ3n) is 2.15. The van der Waals surface area contributed by atoms with E-state index in [9.17, 15) is 13.2 Å². The van der Waals surface area contributed by atoms with E-state index in [1.54, 1.807) is 19.9 Å². The summed E-state index contributed by atoms with van der Waals surface area (Å²) in [5.41, 5.74) is 0.204. The molecule has 0 atom stereocenters. The van der Waals surface area contributed by atoms with Crippen molar-refractivity contribution in [1.82, 2.24) is 0 Å². The SMILES string of the molecule is Cc1ccc(C(=NO)C(F)(F)F)cc1C. The smallest absolute Gasteiger partial charge is 0.410 e. The number of benzene rings is 1. The van der Waals surface area contributed by atoms with E-state index in [0.29, 0.717) is 0 Å². The van der Waals surface area contributed by atoms with Crippen LogP contribution in [-0.4, -0.2) is 17.1 Å². The highest BCUT2D eigenvalue weighted by atomic mass is 19.4. The minimum absolute atomic E-state index is 0.131. The van der Waals surface area contributed by atoms with Crippen molar-refractivity contribution in [1.29, 1.82) is 0 Å². The molecule has 5 heteroatoms. The molecule has 82 valence electrons. The number of hydrogen-bond donors (Lipinski definition) is 1. The molecule has 0 aromatic heterocycles. The Morgan fingerprint density at radius 3 is 2.20 bits per heavy atom. The van der Waals surface area contributed by atoms with Crippen molar-refractivity contribution in [2.75, 3.05) is 0 Å². The van der Waals surface area contributed by atoms with E-state index >= 15 is 0 Å². The first-order valence-corrected chi connectivity index (χ1v) is 4.23. The molecule has 0 fully saturated rings. The second-order valence-electron chi connectivity index (χ2n) is 3.25. The number of hydrogen-bond acceptors (Lipinski definition) is 2. The molecule has 1 N–H and O–H groups in total. The van der Waals surface area contributed by atoms with Crippen LogP contribution in [0.5, 0.6) is 0 Å². The number of oxime groups is 1. The summed E-state index contributed by atoms with van der Waals surface area (Å²) in [7, 11) is 0. The van der Waals surface area contributed by atoms with Crippen LogP contribution in [0.15, 0.2) is 23.4 Å². The van der Waals surface area contributed by atoms with Crippen LogP contribution in [-0.2, 0) is 0 Å². The average molecular weight is 217 g/mol. The van der Waals surface area contributed by atoms with Crippen molar-refractivity contribution in [2.45, 2.75) is 20.0 Å². The van der Waals surface area contributed by atoms with E-state index in [4.69, 9.17) is 5.21 Å². The molecule has 0 unspecified atom stereocenters. The second kappa shape index (κ2) is 3.92. The Hall–Kier alpha value is -1.52. The van der Waals surface area contributed by atoms with Gasteiger partial charge in [-0.2, -0.15) is 13.2 Å². The van der Waals surface area contributed by atoms with Gasteiger partial charge in [-0.1, -0.05) is 17.3 Å². The van der Waals surface area contributed by atoms with Crippen molar-refractivity contribution in [3.63, 3.8) is 0 Å². The molecule has 0 radical (unpaired) electrons. The molecule has 0 bridgehead atoms. The second-order valence-corrected chi connectivity index (χ2v) is 3.25. The molecule has 0 spiro atoms. The Labute approximate surface area is 85.0 Å². The molecule has 0 heterocycles. The molecular weight excluding hydrogens is 207 g/mol. The number of halogens is 3. The molecule has 0 aliphatic rings. The number of nitrogens with zero attached hydrogens (tertiary/aromatic N) is 1. The third-order valence-corrected chi connectivity index (χ3v) is 2.15. The van der Waals surface area contributed by atoms with Crippen LogP contribution in [0, 0.1) is 13.8 Å². The highest BCUT2D eigenvalue weighted by Crippen LogP contribution is 2.23. The number of alkyl halides is 3. The molecule has 0 aliphatic heterocycles. The molecule has 0 aliphatic carbocycles. The molecular formula is C10H10F3NO. The van der Waals surface area contributed by atoms with Crippen LogP contribution in [0.1, 0.15) is 16.7 Å². The first-order chi connectivity index (χ1) is 6.86. The fourth-order valence-electron chi connectivity index (χ4n) is 1.17. The average Bonchev–Trinajstić information content (AvgIpc) is 2.10. The van der Waals surface area contributed by atoms with Gasteiger partial charge in [0.15, 0.2) is 5.71 Å². The zero-order chi connectivity index (χ0) is 11.6. The monoisotopic (exact) mass is 217 g/mol. The van der Waals surface area contributed by atoms with Gasteiger partial charge in [-0.05, 0) is 31.0 Å². The molecule has 1 aromatic rings. The normalized spacial score (nSPS) is 13.0. The Morgan fingerprint density at radius 1 is 1.20 bits per heavy atom. The summed E-state index contributed by atoms with van der Waals surface area (Å²) in [5, 5.41) is 10.6. The summed E-state index contributed by atoms with van der Waals surface area (Å²) in [4.78, 5) is 0. The fraction of sp³-hybridized carbons (Fsp3) is 0.300. The van der Waals surface area contributed by atoms with Gasteiger partial charge in [0.2, 0.25) is 0 Å². The van der Waals surface area contributed by atoms with E-state index in [1.165, 1.54) is 12.1 Å². The van der Waals surface area contributed by atoms with Crippen molar-refractivity contribution in [2.24, 2.45) is 5.16 Å². The van der Waals surface area contributed by atoms with Gasteiger partial charge in [0.25, 0.3) is 0 Å². The van der Waals surface area contributed by atoms with Gasteiger partial charge in [-0.3, -0.25) is 0 Å². The van der Waals surface area contributed by atoms with Crippen LogP contribution in [0.4, 0.5) is 13.2 Å². The highest BCUT2D eigenvalue weighted by Gasteiger charge is 2.37. The standard InChI is InChI=1S/C10H10F3NO/c1-6-3-4-8(5-7(6)2)9(14-15)10(11,12)13/h3-5,15H,1-2H3. The molecule has 0 amide bonds. The Morgan fingerprint density at radius 2 is 1.80 bits per heavy atom. The molecule has 1 rings (SSSR count). The summed E-state index contributed by atoms with van der Waals surface area (Å²) >= 11 is 0. The lowest BCUT2D eigenvalue weighted by molar-refractivity contribution is -0.0601.